The van der Waals surface area contributed by atoms with Gasteiger partial charge in [0.2, 0.25) is 0 Å². The smallest absolute Gasteiger partial charge is 0.381 e. The molecule has 0 saturated heterocycles. The zero-order valence-electron chi connectivity index (χ0n) is 9.31. The number of nitrogens with two attached hydrogens (primary N) is 1. The van der Waals surface area contributed by atoms with Gasteiger partial charge in [0, 0.05) is 19.6 Å². The molecule has 0 spiro atoms. The molecule has 0 aliphatic carbocycles. The average molecular weight is 238 g/mol. The molecular weight excluding hydrogens is 221 g/mol. The third kappa shape index (κ3) is 9.74. The maximum atomic E-state index is 11.7. The van der Waals surface area contributed by atoms with Gasteiger partial charge in [-0.25, -0.2) is 0 Å². The lowest BCUT2D eigenvalue weighted by molar-refractivity contribution is -0.137. The van der Waals surface area contributed by atoms with E-state index in [0.29, 0.717) is 19.4 Å². The molecule has 0 radical (unpaired) electrons. The predicted molar refractivity (Wildman–Crippen MR) is 53.5 cm³/mol. The van der Waals surface area contributed by atoms with Crippen LogP contribution in [0.3, 0.4) is 0 Å². The highest BCUT2D eigenvalue weighted by Crippen LogP contribution is 2.21. The Morgan fingerprint density at radius 1 is 1.19 bits per heavy atom. The minimum absolute atomic E-state index is 0.0261. The summed E-state index contributed by atoms with van der Waals surface area (Å²) in [5, 5.41) is 8.58. The number of ether oxygens (including phenoxy) is 1. The highest BCUT2D eigenvalue weighted by atomic mass is 19.4. The molecular formula is C10H17F3N2O. The van der Waals surface area contributed by atoms with Gasteiger partial charge < -0.3 is 10.5 Å². The van der Waals surface area contributed by atoms with Gasteiger partial charge in [-0.05, 0) is 26.2 Å². The van der Waals surface area contributed by atoms with Crippen LogP contribution in [-0.2, 0) is 4.74 Å². The Morgan fingerprint density at radius 3 is 2.12 bits per heavy atom. The van der Waals surface area contributed by atoms with Gasteiger partial charge in [0.05, 0.1) is 6.07 Å². The summed E-state index contributed by atoms with van der Waals surface area (Å²) < 4.78 is 40.2. The lowest BCUT2D eigenvalue weighted by Gasteiger charge is -2.14. The summed E-state index contributed by atoms with van der Waals surface area (Å²) in [7, 11) is 0. The molecule has 0 fully saturated rings. The van der Waals surface area contributed by atoms with Gasteiger partial charge in [0.25, 0.3) is 0 Å². The van der Waals surface area contributed by atoms with Crippen molar-refractivity contribution >= 4 is 0 Å². The van der Waals surface area contributed by atoms with E-state index in [9.17, 15) is 13.2 Å². The Hall–Kier alpha value is -0.800. The van der Waals surface area contributed by atoms with E-state index in [-0.39, 0.29) is 13.0 Å². The summed E-state index contributed by atoms with van der Waals surface area (Å²) in [5.74, 6) is 0. The average Bonchev–Trinajstić information content (AvgIpc) is 2.14. The molecule has 6 heteroatoms. The van der Waals surface area contributed by atoms with Gasteiger partial charge in [0.15, 0.2) is 0 Å². The molecule has 0 aromatic heterocycles. The largest absolute Gasteiger partial charge is 0.389 e. The number of nitrogens with zero attached hydrogens (tertiary/aromatic N) is 1. The molecule has 0 bridgehead atoms. The van der Waals surface area contributed by atoms with Crippen molar-refractivity contribution in [1.82, 2.24) is 0 Å². The second-order valence-corrected chi connectivity index (χ2v) is 3.96. The first kappa shape index (κ1) is 15.2. The van der Waals surface area contributed by atoms with E-state index in [4.69, 9.17) is 15.7 Å². The van der Waals surface area contributed by atoms with Crippen LogP contribution in [0.2, 0.25) is 0 Å². The number of hydrogen-bond acceptors (Lipinski definition) is 3. The van der Waals surface area contributed by atoms with E-state index in [0.717, 1.165) is 0 Å². The van der Waals surface area contributed by atoms with Crippen molar-refractivity contribution in [3.05, 3.63) is 0 Å². The molecule has 1 unspecified atom stereocenters. The van der Waals surface area contributed by atoms with Crippen molar-refractivity contribution in [2.45, 2.75) is 44.3 Å². The van der Waals surface area contributed by atoms with E-state index in [1.807, 2.05) is 6.07 Å². The van der Waals surface area contributed by atoms with E-state index in [1.165, 1.54) is 0 Å². The van der Waals surface area contributed by atoms with Crippen molar-refractivity contribution in [2.75, 3.05) is 13.2 Å². The fraction of sp³-hybridized carbons (Fsp3) is 0.900. The van der Waals surface area contributed by atoms with Crippen LogP contribution in [0.5, 0.6) is 0 Å². The minimum atomic E-state index is -4.11. The molecule has 3 nitrogen and oxygen atoms in total. The summed E-state index contributed by atoms with van der Waals surface area (Å²) in [6.45, 7) is 2.04. The number of halogens is 3. The Kier molecular flexibility index (Phi) is 6.38. The standard InChI is InChI=1S/C10H17F3N2O/c1-9(15,8-14)4-2-6-16-7-3-5-10(11,12)13/h2-7,15H2,1H3. The second-order valence-electron chi connectivity index (χ2n) is 3.96. The first-order valence-corrected chi connectivity index (χ1v) is 5.11. The van der Waals surface area contributed by atoms with Gasteiger partial charge in [-0.3, -0.25) is 0 Å². The van der Waals surface area contributed by atoms with Gasteiger partial charge in [-0.15, -0.1) is 0 Å². The van der Waals surface area contributed by atoms with Crippen LogP contribution >= 0.6 is 0 Å². The summed E-state index contributed by atoms with van der Waals surface area (Å²) in [4.78, 5) is 0. The SMILES string of the molecule is CC(N)(C#N)CCCOCCCC(F)(F)F. The number of alkyl halides is 3. The molecule has 0 amide bonds. The van der Waals surface area contributed by atoms with Crippen LogP contribution in [0.4, 0.5) is 13.2 Å². The van der Waals surface area contributed by atoms with Crippen LogP contribution in [0.15, 0.2) is 0 Å². The Balaban J connectivity index is 3.33. The monoisotopic (exact) mass is 238 g/mol. The Bertz CT molecular complexity index is 233. The van der Waals surface area contributed by atoms with Crippen LogP contribution in [0.25, 0.3) is 0 Å². The predicted octanol–water partition coefficient (Wildman–Crippen LogP) is 2.37. The number of nitriles is 1. The van der Waals surface area contributed by atoms with Gasteiger partial charge >= 0.3 is 6.18 Å². The maximum Gasteiger partial charge on any atom is 0.389 e. The van der Waals surface area contributed by atoms with Crippen molar-refractivity contribution in [3.63, 3.8) is 0 Å². The maximum absolute atomic E-state index is 11.7. The molecule has 0 saturated carbocycles. The highest BCUT2D eigenvalue weighted by Gasteiger charge is 2.25. The van der Waals surface area contributed by atoms with Crippen molar-refractivity contribution in [2.24, 2.45) is 5.73 Å². The molecule has 1 atom stereocenters. The van der Waals surface area contributed by atoms with Crippen LogP contribution < -0.4 is 5.73 Å². The topological polar surface area (TPSA) is 59.0 Å². The minimum Gasteiger partial charge on any atom is -0.381 e. The number of hydrogen-bond donors (Lipinski definition) is 1. The number of rotatable bonds is 7. The third-order valence-corrected chi connectivity index (χ3v) is 1.99. The van der Waals surface area contributed by atoms with E-state index in [2.05, 4.69) is 0 Å². The molecule has 0 aliphatic rings. The fourth-order valence-corrected chi connectivity index (χ4v) is 1.07. The second kappa shape index (κ2) is 6.71. The molecule has 0 rings (SSSR count). The Labute approximate surface area is 93.4 Å². The summed E-state index contributed by atoms with van der Waals surface area (Å²) in [5.41, 5.74) is 4.67. The van der Waals surface area contributed by atoms with Gasteiger partial charge in [-0.1, -0.05) is 0 Å². The lowest BCUT2D eigenvalue weighted by Crippen LogP contribution is -2.34. The van der Waals surface area contributed by atoms with Crippen LogP contribution in [0, 0.1) is 11.3 Å². The summed E-state index contributed by atoms with van der Waals surface area (Å²) >= 11 is 0. The van der Waals surface area contributed by atoms with Crippen LogP contribution in [-0.4, -0.2) is 24.9 Å². The molecule has 94 valence electrons. The van der Waals surface area contributed by atoms with Crippen LogP contribution in [0.1, 0.15) is 32.6 Å². The Morgan fingerprint density at radius 2 is 1.69 bits per heavy atom. The van der Waals surface area contributed by atoms with Crippen molar-refractivity contribution < 1.29 is 17.9 Å². The highest BCUT2D eigenvalue weighted by molar-refractivity contribution is 5.00. The van der Waals surface area contributed by atoms with Crippen molar-refractivity contribution in [3.8, 4) is 6.07 Å². The molecule has 0 aromatic rings. The van der Waals surface area contributed by atoms with E-state index in [1.54, 1.807) is 6.92 Å². The van der Waals surface area contributed by atoms with E-state index >= 15 is 0 Å². The molecule has 0 aromatic carbocycles. The van der Waals surface area contributed by atoms with Gasteiger partial charge in [0.1, 0.15) is 5.54 Å². The van der Waals surface area contributed by atoms with E-state index < -0.39 is 18.1 Å². The quantitative estimate of drug-likeness (QED) is 0.693. The first-order valence-electron chi connectivity index (χ1n) is 5.11. The molecule has 0 aliphatic heterocycles. The van der Waals surface area contributed by atoms with Crippen molar-refractivity contribution in [1.29, 1.82) is 5.26 Å². The zero-order valence-corrected chi connectivity index (χ0v) is 9.31. The third-order valence-electron chi connectivity index (χ3n) is 1.99. The molecule has 2 N–H and O–H groups in total. The molecule has 16 heavy (non-hydrogen) atoms. The summed E-state index contributed by atoms with van der Waals surface area (Å²) in [6, 6.07) is 1.94. The van der Waals surface area contributed by atoms with Gasteiger partial charge in [-0.2, -0.15) is 18.4 Å². The zero-order chi connectivity index (χ0) is 12.7. The lowest BCUT2D eigenvalue weighted by atomic mass is 10.00. The molecule has 0 heterocycles. The first-order chi connectivity index (χ1) is 7.27. The fourth-order valence-electron chi connectivity index (χ4n) is 1.07. The summed E-state index contributed by atoms with van der Waals surface area (Å²) in [6.07, 6.45) is -3.91. The normalized spacial score (nSPS) is 15.5.